The van der Waals surface area contributed by atoms with Crippen LogP contribution in [0.1, 0.15) is 0 Å². The van der Waals surface area contributed by atoms with E-state index in [0.717, 1.165) is 0 Å². The SMILES string of the molecule is O=P(Oc1c[nH]nn1)(Oc1c[nH]nn1)c1ccccc1Cl. The van der Waals surface area contributed by atoms with E-state index < -0.39 is 7.60 Å². The summed E-state index contributed by atoms with van der Waals surface area (Å²) in [5, 5.41) is 19.5. The third-order valence-corrected chi connectivity index (χ3v) is 4.66. The van der Waals surface area contributed by atoms with Crippen molar-refractivity contribution >= 4 is 24.5 Å². The zero-order chi connectivity index (χ0) is 14.7. The summed E-state index contributed by atoms with van der Waals surface area (Å²) in [5.74, 6) is 0.00324. The zero-order valence-electron chi connectivity index (χ0n) is 10.3. The van der Waals surface area contributed by atoms with E-state index in [9.17, 15) is 4.57 Å². The molecule has 0 spiro atoms. The van der Waals surface area contributed by atoms with Gasteiger partial charge in [0.2, 0.25) is 0 Å². The van der Waals surface area contributed by atoms with Crippen molar-refractivity contribution < 1.29 is 13.6 Å². The van der Waals surface area contributed by atoms with Gasteiger partial charge in [0.1, 0.15) is 5.30 Å². The molecule has 0 saturated heterocycles. The lowest BCUT2D eigenvalue weighted by atomic mass is 10.4. The van der Waals surface area contributed by atoms with Crippen molar-refractivity contribution in [2.75, 3.05) is 0 Å². The Labute approximate surface area is 123 Å². The Hall–Kier alpha value is -2.38. The van der Waals surface area contributed by atoms with Crippen LogP contribution in [0.15, 0.2) is 36.7 Å². The molecule has 0 saturated carbocycles. The normalized spacial score (nSPS) is 11.3. The highest BCUT2D eigenvalue weighted by atomic mass is 35.5. The maximum atomic E-state index is 13.1. The molecule has 0 bridgehead atoms. The molecule has 0 radical (unpaired) electrons. The summed E-state index contributed by atoms with van der Waals surface area (Å²) in [6.07, 6.45) is 2.66. The maximum Gasteiger partial charge on any atom is 0.467 e. The molecule has 0 unspecified atom stereocenters. The molecule has 2 N–H and O–H groups in total. The van der Waals surface area contributed by atoms with Crippen LogP contribution in [-0.2, 0) is 4.57 Å². The van der Waals surface area contributed by atoms with Crippen LogP contribution in [0.2, 0.25) is 5.02 Å². The van der Waals surface area contributed by atoms with E-state index >= 15 is 0 Å². The molecule has 2 aromatic heterocycles. The van der Waals surface area contributed by atoms with Gasteiger partial charge in [0.25, 0.3) is 11.8 Å². The molecule has 0 atom stereocenters. The highest BCUT2D eigenvalue weighted by Crippen LogP contribution is 2.47. The van der Waals surface area contributed by atoms with Gasteiger partial charge >= 0.3 is 7.60 Å². The highest BCUT2D eigenvalue weighted by Gasteiger charge is 2.35. The molecular weight excluding hydrogens is 319 g/mol. The second kappa shape index (κ2) is 5.55. The van der Waals surface area contributed by atoms with Gasteiger partial charge in [0.05, 0.1) is 17.4 Å². The van der Waals surface area contributed by atoms with Crippen LogP contribution in [0.3, 0.4) is 0 Å². The fourth-order valence-corrected chi connectivity index (χ4v) is 3.46. The monoisotopic (exact) mass is 326 g/mol. The van der Waals surface area contributed by atoms with Crippen LogP contribution in [0, 0.1) is 0 Å². The fraction of sp³-hybridized carbons (Fsp3) is 0. The second-order valence-electron chi connectivity index (χ2n) is 3.75. The van der Waals surface area contributed by atoms with E-state index in [1.807, 2.05) is 0 Å². The molecule has 21 heavy (non-hydrogen) atoms. The Bertz CT molecular complexity index is 723. The molecule has 0 aliphatic heterocycles. The van der Waals surface area contributed by atoms with Crippen molar-refractivity contribution in [3.63, 3.8) is 0 Å². The van der Waals surface area contributed by atoms with Crippen LogP contribution in [0.4, 0.5) is 0 Å². The van der Waals surface area contributed by atoms with Crippen molar-refractivity contribution in [1.29, 1.82) is 0 Å². The molecule has 108 valence electrons. The van der Waals surface area contributed by atoms with Gasteiger partial charge < -0.3 is 9.05 Å². The van der Waals surface area contributed by atoms with Gasteiger partial charge in [-0.2, -0.15) is 0 Å². The number of aromatic nitrogens is 6. The van der Waals surface area contributed by atoms with Crippen molar-refractivity contribution in [1.82, 2.24) is 30.8 Å². The van der Waals surface area contributed by atoms with Crippen LogP contribution in [-0.4, -0.2) is 30.8 Å². The van der Waals surface area contributed by atoms with Gasteiger partial charge in [-0.25, -0.2) is 4.57 Å². The largest absolute Gasteiger partial charge is 0.467 e. The average Bonchev–Trinajstić information content (AvgIpc) is 3.13. The molecule has 1 aromatic carbocycles. The average molecular weight is 327 g/mol. The molecule has 0 amide bonds. The first-order chi connectivity index (χ1) is 10.2. The lowest BCUT2D eigenvalue weighted by Crippen LogP contribution is -2.16. The standard InChI is InChI=1S/C10H8ClN6O3P/c11-7-3-1-2-4-8(7)21(18,19-9-5-12-16-14-9)20-10-6-13-17-15-10/h1-6H,(H,12,14,16)(H,13,15,17). The predicted octanol–water partition coefficient (Wildman–Crippen LogP) is 1.55. The van der Waals surface area contributed by atoms with Gasteiger partial charge in [-0.1, -0.05) is 44.4 Å². The summed E-state index contributed by atoms with van der Waals surface area (Å²) in [7, 11) is -3.86. The summed E-state index contributed by atoms with van der Waals surface area (Å²) in [4.78, 5) is 0. The summed E-state index contributed by atoms with van der Waals surface area (Å²) in [6.45, 7) is 0. The molecule has 0 aliphatic rings. The van der Waals surface area contributed by atoms with Crippen LogP contribution < -0.4 is 14.4 Å². The number of hydrogen-bond donors (Lipinski definition) is 2. The number of benzene rings is 1. The highest BCUT2D eigenvalue weighted by molar-refractivity contribution is 7.63. The fourth-order valence-electron chi connectivity index (χ4n) is 1.51. The molecule has 3 aromatic rings. The first-order valence-corrected chi connectivity index (χ1v) is 7.57. The van der Waals surface area contributed by atoms with Gasteiger partial charge in [-0.3, -0.25) is 10.2 Å². The first-order valence-electron chi connectivity index (χ1n) is 5.65. The van der Waals surface area contributed by atoms with Crippen LogP contribution in [0.5, 0.6) is 11.8 Å². The second-order valence-corrected chi connectivity index (χ2v) is 6.00. The number of hydrogen-bond acceptors (Lipinski definition) is 7. The van der Waals surface area contributed by atoms with Gasteiger partial charge in [0, 0.05) is 0 Å². The number of halogens is 1. The minimum Gasteiger partial charge on any atom is -0.391 e. The number of rotatable bonds is 5. The van der Waals surface area contributed by atoms with Crippen molar-refractivity contribution in [2.45, 2.75) is 0 Å². The van der Waals surface area contributed by atoms with E-state index in [4.69, 9.17) is 20.6 Å². The smallest absolute Gasteiger partial charge is 0.391 e. The Kier molecular flexibility index (Phi) is 3.59. The van der Waals surface area contributed by atoms with Gasteiger partial charge in [-0.15, -0.1) is 0 Å². The Balaban J connectivity index is 2.01. The summed E-state index contributed by atoms with van der Waals surface area (Å²) in [6, 6.07) is 6.46. The number of aromatic amines is 2. The molecule has 11 heteroatoms. The first kappa shape index (κ1) is 13.6. The van der Waals surface area contributed by atoms with E-state index in [0.29, 0.717) is 0 Å². The van der Waals surface area contributed by atoms with Gasteiger partial charge in [0.15, 0.2) is 0 Å². The third-order valence-electron chi connectivity index (χ3n) is 2.36. The summed E-state index contributed by atoms with van der Waals surface area (Å²) >= 11 is 6.07. The van der Waals surface area contributed by atoms with Crippen molar-refractivity contribution in [3.05, 3.63) is 41.7 Å². The lowest BCUT2D eigenvalue weighted by molar-refractivity contribution is 0.386. The Morgan fingerprint density at radius 1 is 1.00 bits per heavy atom. The molecular formula is C10H8ClN6O3P. The minimum absolute atomic E-state index is 0.00162. The molecule has 2 heterocycles. The predicted molar refractivity (Wildman–Crippen MR) is 72.7 cm³/mol. The number of nitrogens with one attached hydrogen (secondary N) is 2. The van der Waals surface area contributed by atoms with Crippen LogP contribution >= 0.6 is 19.2 Å². The molecule has 0 aliphatic carbocycles. The van der Waals surface area contributed by atoms with E-state index in [2.05, 4.69) is 30.8 Å². The van der Waals surface area contributed by atoms with E-state index in [1.165, 1.54) is 18.5 Å². The van der Waals surface area contributed by atoms with E-state index in [1.54, 1.807) is 18.2 Å². The van der Waals surface area contributed by atoms with Crippen molar-refractivity contribution in [2.24, 2.45) is 0 Å². The van der Waals surface area contributed by atoms with Gasteiger partial charge in [-0.05, 0) is 12.1 Å². The quantitative estimate of drug-likeness (QED) is 0.683. The maximum absolute atomic E-state index is 13.1. The molecule has 9 nitrogen and oxygen atoms in total. The molecule has 0 fully saturated rings. The van der Waals surface area contributed by atoms with Crippen LogP contribution in [0.25, 0.3) is 0 Å². The lowest BCUT2D eigenvalue weighted by Gasteiger charge is -2.17. The van der Waals surface area contributed by atoms with E-state index in [-0.39, 0.29) is 22.1 Å². The summed E-state index contributed by atoms with van der Waals surface area (Å²) < 4.78 is 23.8. The zero-order valence-corrected chi connectivity index (χ0v) is 12.0. The topological polar surface area (TPSA) is 119 Å². The summed E-state index contributed by atoms with van der Waals surface area (Å²) in [5.41, 5.74) is 0. The molecule has 3 rings (SSSR count). The third kappa shape index (κ3) is 2.88. The number of H-pyrrole nitrogens is 2. The van der Waals surface area contributed by atoms with Crippen molar-refractivity contribution in [3.8, 4) is 11.8 Å². The Morgan fingerprint density at radius 3 is 2.05 bits per heavy atom. The Morgan fingerprint density at radius 2 is 1.57 bits per heavy atom. The minimum atomic E-state index is -3.86. The number of nitrogens with zero attached hydrogens (tertiary/aromatic N) is 4.